The summed E-state index contributed by atoms with van der Waals surface area (Å²) in [5.41, 5.74) is 3.24. The predicted octanol–water partition coefficient (Wildman–Crippen LogP) is 3.54. The van der Waals surface area contributed by atoms with Gasteiger partial charge in [0.15, 0.2) is 0 Å². The lowest BCUT2D eigenvalue weighted by Gasteiger charge is -2.04. The first-order chi connectivity index (χ1) is 9.69. The first-order valence-electron chi connectivity index (χ1n) is 7.37. The van der Waals surface area contributed by atoms with Crippen LogP contribution in [0.25, 0.3) is 0 Å². The number of thiophene rings is 1. The van der Waals surface area contributed by atoms with Crippen molar-refractivity contribution in [3.05, 3.63) is 21.4 Å². The van der Waals surface area contributed by atoms with Crippen molar-refractivity contribution in [2.75, 3.05) is 6.61 Å². The molecule has 0 saturated carbocycles. The van der Waals surface area contributed by atoms with Gasteiger partial charge in [0.2, 0.25) is 0 Å². The van der Waals surface area contributed by atoms with E-state index in [0.717, 1.165) is 23.5 Å². The fraction of sp³-hybridized carbons (Fsp3) is 0.667. The molecule has 1 aromatic heterocycles. The maximum absolute atomic E-state index is 11.4. The van der Waals surface area contributed by atoms with Gasteiger partial charge in [0.05, 0.1) is 11.5 Å². The number of hydrazine groups is 1. The van der Waals surface area contributed by atoms with Gasteiger partial charge in [0.1, 0.15) is 0 Å². The van der Waals surface area contributed by atoms with Crippen molar-refractivity contribution in [2.45, 2.75) is 59.0 Å². The molecule has 5 heteroatoms. The third-order valence-corrected chi connectivity index (χ3v) is 4.37. The van der Waals surface area contributed by atoms with E-state index in [4.69, 9.17) is 10.6 Å². The predicted molar refractivity (Wildman–Crippen MR) is 83.7 cm³/mol. The van der Waals surface area contributed by atoms with Crippen molar-refractivity contribution >= 4 is 17.2 Å². The number of nitrogens with one attached hydrogen (secondary N) is 1. The Morgan fingerprint density at radius 1 is 1.30 bits per heavy atom. The van der Waals surface area contributed by atoms with Gasteiger partial charge in [-0.2, -0.15) is 0 Å². The molecule has 1 heterocycles. The molecule has 1 rings (SSSR count). The number of aryl methyl sites for hydroxylation is 1. The normalized spacial score (nSPS) is 10.8. The van der Waals surface area contributed by atoms with E-state index >= 15 is 0 Å². The van der Waals surface area contributed by atoms with Crippen LogP contribution < -0.4 is 11.3 Å². The maximum Gasteiger partial charge on any atom is 0.275 e. The maximum atomic E-state index is 11.4. The zero-order valence-electron chi connectivity index (χ0n) is 12.5. The molecule has 3 N–H and O–H groups in total. The Morgan fingerprint density at radius 2 is 2.00 bits per heavy atom. The van der Waals surface area contributed by atoms with Crippen LogP contribution in [-0.2, 0) is 11.3 Å². The zero-order valence-corrected chi connectivity index (χ0v) is 13.4. The molecule has 0 radical (unpaired) electrons. The summed E-state index contributed by atoms with van der Waals surface area (Å²) < 4.78 is 5.68. The monoisotopic (exact) mass is 298 g/mol. The molecule has 0 unspecified atom stereocenters. The quantitative estimate of drug-likeness (QED) is 0.300. The first kappa shape index (κ1) is 17.1. The standard InChI is InChI=1S/C15H26N2O2S/c1-3-4-5-6-7-8-9-19-11-13-10-14(15(18)17-16)20-12(13)2/h10H,3-9,11,16H2,1-2H3,(H,17,18). The molecule has 0 aromatic carbocycles. The molecule has 1 aromatic rings. The Bertz CT molecular complexity index is 405. The topological polar surface area (TPSA) is 64.3 Å². The number of rotatable bonds is 10. The Morgan fingerprint density at radius 3 is 2.70 bits per heavy atom. The molecule has 4 nitrogen and oxygen atoms in total. The van der Waals surface area contributed by atoms with Crippen molar-refractivity contribution in [1.29, 1.82) is 0 Å². The molecular weight excluding hydrogens is 272 g/mol. The van der Waals surface area contributed by atoms with Crippen LogP contribution in [0.1, 0.15) is 65.6 Å². The van der Waals surface area contributed by atoms with Crippen molar-refractivity contribution in [3.8, 4) is 0 Å². The summed E-state index contributed by atoms with van der Waals surface area (Å²) >= 11 is 1.45. The number of ether oxygens (including phenoxy) is 1. The lowest BCUT2D eigenvalue weighted by Crippen LogP contribution is -2.29. The molecule has 0 fully saturated rings. The fourth-order valence-electron chi connectivity index (χ4n) is 2.01. The molecule has 20 heavy (non-hydrogen) atoms. The third kappa shape index (κ3) is 6.03. The molecule has 0 aliphatic carbocycles. The van der Waals surface area contributed by atoms with E-state index in [9.17, 15) is 4.79 Å². The second-order valence-corrected chi connectivity index (χ2v) is 6.24. The van der Waals surface area contributed by atoms with E-state index in [0.29, 0.717) is 11.5 Å². The van der Waals surface area contributed by atoms with Crippen LogP contribution in [-0.4, -0.2) is 12.5 Å². The largest absolute Gasteiger partial charge is 0.377 e. The number of nitrogen functional groups attached to an aromatic ring is 1. The van der Waals surface area contributed by atoms with E-state index < -0.39 is 0 Å². The second kappa shape index (κ2) is 9.91. The molecule has 0 bridgehead atoms. The lowest BCUT2D eigenvalue weighted by molar-refractivity contribution is 0.0957. The summed E-state index contributed by atoms with van der Waals surface area (Å²) in [5, 5.41) is 0. The van der Waals surface area contributed by atoms with Crippen LogP contribution in [0.5, 0.6) is 0 Å². The van der Waals surface area contributed by atoms with E-state index in [1.54, 1.807) is 0 Å². The highest BCUT2D eigenvalue weighted by Gasteiger charge is 2.11. The van der Waals surface area contributed by atoms with Crippen molar-refractivity contribution < 1.29 is 9.53 Å². The van der Waals surface area contributed by atoms with Gasteiger partial charge in [-0.25, -0.2) is 5.84 Å². The minimum atomic E-state index is -0.236. The van der Waals surface area contributed by atoms with Gasteiger partial charge in [-0.15, -0.1) is 11.3 Å². The van der Waals surface area contributed by atoms with Gasteiger partial charge in [-0.1, -0.05) is 39.0 Å². The van der Waals surface area contributed by atoms with Gasteiger partial charge in [0, 0.05) is 11.5 Å². The van der Waals surface area contributed by atoms with E-state index in [2.05, 4.69) is 12.3 Å². The molecule has 0 atom stereocenters. The molecule has 0 saturated heterocycles. The summed E-state index contributed by atoms with van der Waals surface area (Å²) in [6, 6.07) is 1.86. The SMILES string of the molecule is CCCCCCCCOCc1cc(C(=O)NN)sc1C. The van der Waals surface area contributed by atoms with Gasteiger partial charge in [-0.3, -0.25) is 10.2 Å². The number of hydrogen-bond donors (Lipinski definition) is 2. The summed E-state index contributed by atoms with van der Waals surface area (Å²) in [5.74, 6) is 4.89. The number of unbranched alkanes of at least 4 members (excludes halogenated alkanes) is 5. The van der Waals surface area contributed by atoms with Crippen LogP contribution in [0.2, 0.25) is 0 Å². The van der Waals surface area contributed by atoms with Crippen LogP contribution in [0, 0.1) is 6.92 Å². The van der Waals surface area contributed by atoms with Crippen molar-refractivity contribution in [3.63, 3.8) is 0 Å². The molecular formula is C15H26N2O2S. The minimum Gasteiger partial charge on any atom is -0.377 e. The summed E-state index contributed by atoms with van der Waals surface area (Å²) in [4.78, 5) is 13.2. The fourth-order valence-corrected chi connectivity index (χ4v) is 2.94. The number of nitrogens with two attached hydrogens (primary N) is 1. The van der Waals surface area contributed by atoms with E-state index in [1.807, 2.05) is 13.0 Å². The highest BCUT2D eigenvalue weighted by atomic mass is 32.1. The van der Waals surface area contributed by atoms with E-state index in [1.165, 1.54) is 43.4 Å². The smallest absolute Gasteiger partial charge is 0.275 e. The molecule has 0 spiro atoms. The van der Waals surface area contributed by atoms with Gasteiger partial charge in [0.25, 0.3) is 5.91 Å². The number of carbonyl (C=O) groups is 1. The molecule has 1 amide bonds. The molecule has 0 aliphatic heterocycles. The number of hydrogen-bond acceptors (Lipinski definition) is 4. The second-order valence-electron chi connectivity index (χ2n) is 4.99. The highest BCUT2D eigenvalue weighted by Crippen LogP contribution is 2.22. The third-order valence-electron chi connectivity index (χ3n) is 3.28. The summed E-state index contributed by atoms with van der Waals surface area (Å²) in [6.07, 6.45) is 7.60. The van der Waals surface area contributed by atoms with Gasteiger partial charge in [-0.05, 0) is 25.0 Å². The molecule has 0 aliphatic rings. The highest BCUT2D eigenvalue weighted by molar-refractivity contribution is 7.14. The average Bonchev–Trinajstić information content (AvgIpc) is 2.82. The van der Waals surface area contributed by atoms with Gasteiger partial charge >= 0.3 is 0 Å². The zero-order chi connectivity index (χ0) is 14.8. The number of amides is 1. The Hall–Kier alpha value is -0.910. The Balaban J connectivity index is 2.19. The van der Waals surface area contributed by atoms with Crippen LogP contribution >= 0.6 is 11.3 Å². The van der Waals surface area contributed by atoms with Crippen LogP contribution in [0.4, 0.5) is 0 Å². The average molecular weight is 298 g/mol. The molecule has 114 valence electrons. The Kier molecular flexibility index (Phi) is 8.49. The Labute approximate surface area is 125 Å². The minimum absolute atomic E-state index is 0.236. The van der Waals surface area contributed by atoms with E-state index in [-0.39, 0.29) is 5.91 Å². The number of carbonyl (C=O) groups excluding carboxylic acids is 1. The van der Waals surface area contributed by atoms with Crippen LogP contribution in [0.3, 0.4) is 0 Å². The summed E-state index contributed by atoms with van der Waals surface area (Å²) in [7, 11) is 0. The lowest BCUT2D eigenvalue weighted by atomic mass is 10.1. The van der Waals surface area contributed by atoms with Gasteiger partial charge < -0.3 is 4.74 Å². The van der Waals surface area contributed by atoms with Crippen molar-refractivity contribution in [2.24, 2.45) is 5.84 Å². The van der Waals surface area contributed by atoms with Crippen molar-refractivity contribution in [1.82, 2.24) is 5.43 Å². The summed E-state index contributed by atoms with van der Waals surface area (Å²) in [6.45, 7) is 5.60. The first-order valence-corrected chi connectivity index (χ1v) is 8.18. The van der Waals surface area contributed by atoms with Crippen LogP contribution in [0.15, 0.2) is 6.07 Å².